The summed E-state index contributed by atoms with van der Waals surface area (Å²) in [6.07, 6.45) is 6.86. The third-order valence-electron chi connectivity index (χ3n) is 2.31. The molecule has 1 N–H and O–H groups in total. The molecule has 0 saturated carbocycles. The van der Waals surface area contributed by atoms with Crippen LogP contribution in [-0.2, 0) is 13.6 Å². The molecule has 0 radical (unpaired) electrons. The molecule has 0 bridgehead atoms. The third kappa shape index (κ3) is 4.20. The average Bonchev–Trinajstić information content (AvgIpc) is 2.58. The Labute approximate surface area is 91.1 Å². The molecule has 0 unspecified atom stereocenters. The summed E-state index contributed by atoms with van der Waals surface area (Å²) in [5, 5.41) is 3.46. The summed E-state index contributed by atoms with van der Waals surface area (Å²) in [6, 6.07) is 4.25. The Balaban J connectivity index is 2.02. The lowest BCUT2D eigenvalue weighted by molar-refractivity contribution is 0.621. The van der Waals surface area contributed by atoms with Crippen LogP contribution in [0.2, 0.25) is 0 Å². The van der Waals surface area contributed by atoms with Gasteiger partial charge >= 0.3 is 0 Å². The number of aryl methyl sites for hydroxylation is 1. The highest BCUT2D eigenvalue weighted by molar-refractivity contribution is 7.98. The van der Waals surface area contributed by atoms with Gasteiger partial charge in [-0.25, -0.2) is 0 Å². The van der Waals surface area contributed by atoms with Crippen molar-refractivity contribution < 1.29 is 0 Å². The molecule has 2 nitrogen and oxygen atoms in total. The maximum atomic E-state index is 3.46. The molecule has 1 aromatic rings. The first-order valence-electron chi connectivity index (χ1n) is 5.14. The summed E-state index contributed by atoms with van der Waals surface area (Å²) >= 11 is 1.93. The number of thioether (sulfide) groups is 1. The molecule has 3 heteroatoms. The molecule has 0 aliphatic heterocycles. The predicted octanol–water partition coefficient (Wildman–Crippen LogP) is 2.26. The van der Waals surface area contributed by atoms with Crippen LogP contribution >= 0.6 is 11.8 Å². The van der Waals surface area contributed by atoms with Crippen molar-refractivity contribution in [2.45, 2.75) is 19.4 Å². The maximum absolute atomic E-state index is 3.46. The highest BCUT2D eigenvalue weighted by Gasteiger charge is 1.95. The Morgan fingerprint density at radius 1 is 1.43 bits per heavy atom. The van der Waals surface area contributed by atoms with Crippen LogP contribution < -0.4 is 5.32 Å². The van der Waals surface area contributed by atoms with Gasteiger partial charge in [-0.1, -0.05) is 0 Å². The van der Waals surface area contributed by atoms with Crippen molar-refractivity contribution in [1.82, 2.24) is 9.88 Å². The molecule has 0 saturated heterocycles. The second-order valence-corrected chi connectivity index (χ2v) is 4.47. The van der Waals surface area contributed by atoms with Crippen molar-refractivity contribution in [3.05, 3.63) is 24.0 Å². The molecule has 1 heterocycles. The first kappa shape index (κ1) is 11.7. The molecule has 0 spiro atoms. The van der Waals surface area contributed by atoms with E-state index < -0.39 is 0 Å². The second kappa shape index (κ2) is 6.96. The van der Waals surface area contributed by atoms with Crippen LogP contribution in [0.5, 0.6) is 0 Å². The van der Waals surface area contributed by atoms with Gasteiger partial charge in [0.2, 0.25) is 0 Å². The van der Waals surface area contributed by atoms with Crippen LogP contribution in [0.15, 0.2) is 18.3 Å². The van der Waals surface area contributed by atoms with Crippen LogP contribution in [0.1, 0.15) is 18.5 Å². The molecule has 0 fully saturated rings. The molecule has 0 aliphatic rings. The van der Waals surface area contributed by atoms with E-state index in [-0.39, 0.29) is 0 Å². The third-order valence-corrected chi connectivity index (χ3v) is 3.01. The number of hydrogen-bond donors (Lipinski definition) is 1. The Kier molecular flexibility index (Phi) is 5.80. The van der Waals surface area contributed by atoms with E-state index in [9.17, 15) is 0 Å². The standard InChI is InChI=1S/C11H20N2S/c1-13-8-5-6-11(13)10-12-7-3-4-9-14-2/h5-6,8,12H,3-4,7,9-10H2,1-2H3. The quantitative estimate of drug-likeness (QED) is 0.698. The minimum absolute atomic E-state index is 0.989. The van der Waals surface area contributed by atoms with E-state index in [1.165, 1.54) is 24.3 Å². The van der Waals surface area contributed by atoms with Gasteiger partial charge < -0.3 is 9.88 Å². The van der Waals surface area contributed by atoms with Crippen molar-refractivity contribution in [2.24, 2.45) is 7.05 Å². The average molecular weight is 212 g/mol. The summed E-state index contributed by atoms with van der Waals surface area (Å²) < 4.78 is 2.16. The Morgan fingerprint density at radius 3 is 2.93 bits per heavy atom. The van der Waals surface area contributed by atoms with Crippen molar-refractivity contribution in [1.29, 1.82) is 0 Å². The summed E-state index contributed by atoms with van der Waals surface area (Å²) in [7, 11) is 2.09. The van der Waals surface area contributed by atoms with E-state index in [1.54, 1.807) is 0 Å². The van der Waals surface area contributed by atoms with E-state index in [0.717, 1.165) is 13.1 Å². The lowest BCUT2D eigenvalue weighted by Crippen LogP contribution is -2.16. The van der Waals surface area contributed by atoms with Gasteiger partial charge in [0.05, 0.1) is 0 Å². The first-order valence-corrected chi connectivity index (χ1v) is 6.54. The van der Waals surface area contributed by atoms with E-state index in [0.29, 0.717) is 0 Å². The number of hydrogen-bond acceptors (Lipinski definition) is 2. The molecule has 0 aromatic carbocycles. The number of aromatic nitrogens is 1. The Bertz CT molecular complexity index is 245. The van der Waals surface area contributed by atoms with E-state index >= 15 is 0 Å². The van der Waals surface area contributed by atoms with Gasteiger partial charge in [0, 0.05) is 25.5 Å². The molecule has 0 amide bonds. The normalized spacial score (nSPS) is 10.7. The van der Waals surface area contributed by atoms with Crippen molar-refractivity contribution in [3.8, 4) is 0 Å². The van der Waals surface area contributed by atoms with Crippen LogP contribution in [0, 0.1) is 0 Å². The molecule has 0 atom stereocenters. The minimum atomic E-state index is 0.989. The number of nitrogens with one attached hydrogen (secondary N) is 1. The minimum Gasteiger partial charge on any atom is -0.353 e. The number of rotatable bonds is 7. The number of unbranched alkanes of at least 4 members (excludes halogenated alkanes) is 1. The van der Waals surface area contributed by atoms with Gasteiger partial charge in [0.15, 0.2) is 0 Å². The van der Waals surface area contributed by atoms with Crippen molar-refractivity contribution in [3.63, 3.8) is 0 Å². The number of nitrogens with zero attached hydrogens (tertiary/aromatic N) is 1. The van der Waals surface area contributed by atoms with Gasteiger partial charge in [-0.2, -0.15) is 11.8 Å². The fraction of sp³-hybridized carbons (Fsp3) is 0.636. The summed E-state index contributed by atoms with van der Waals surface area (Å²) in [5.41, 5.74) is 1.36. The zero-order valence-corrected chi connectivity index (χ0v) is 9.94. The van der Waals surface area contributed by atoms with E-state index in [1.807, 2.05) is 11.8 Å². The predicted molar refractivity (Wildman–Crippen MR) is 64.7 cm³/mol. The zero-order chi connectivity index (χ0) is 10.2. The van der Waals surface area contributed by atoms with Crippen LogP contribution in [0.25, 0.3) is 0 Å². The molecule has 14 heavy (non-hydrogen) atoms. The lowest BCUT2D eigenvalue weighted by Gasteiger charge is -2.05. The van der Waals surface area contributed by atoms with Crippen LogP contribution in [0.4, 0.5) is 0 Å². The fourth-order valence-electron chi connectivity index (χ4n) is 1.39. The largest absolute Gasteiger partial charge is 0.353 e. The molecule has 1 rings (SSSR count). The summed E-state index contributed by atoms with van der Waals surface area (Å²) in [5.74, 6) is 1.28. The van der Waals surface area contributed by atoms with Crippen LogP contribution in [-0.4, -0.2) is 23.1 Å². The summed E-state index contributed by atoms with van der Waals surface area (Å²) in [6.45, 7) is 2.12. The van der Waals surface area contributed by atoms with Gasteiger partial charge in [-0.3, -0.25) is 0 Å². The Morgan fingerprint density at radius 2 is 2.29 bits per heavy atom. The molecular weight excluding hydrogens is 192 g/mol. The fourth-order valence-corrected chi connectivity index (χ4v) is 1.89. The topological polar surface area (TPSA) is 17.0 Å². The van der Waals surface area contributed by atoms with Gasteiger partial charge in [0.25, 0.3) is 0 Å². The van der Waals surface area contributed by atoms with Crippen molar-refractivity contribution >= 4 is 11.8 Å². The van der Waals surface area contributed by atoms with Gasteiger partial charge in [0.1, 0.15) is 0 Å². The summed E-state index contributed by atoms with van der Waals surface area (Å²) in [4.78, 5) is 0. The highest BCUT2D eigenvalue weighted by atomic mass is 32.2. The molecule has 0 aliphatic carbocycles. The second-order valence-electron chi connectivity index (χ2n) is 3.49. The lowest BCUT2D eigenvalue weighted by atomic mass is 10.3. The van der Waals surface area contributed by atoms with Gasteiger partial charge in [-0.05, 0) is 43.5 Å². The molecule has 1 aromatic heterocycles. The zero-order valence-electron chi connectivity index (χ0n) is 9.12. The maximum Gasteiger partial charge on any atom is 0.0359 e. The SMILES string of the molecule is CSCCCCNCc1cccn1C. The Hall–Kier alpha value is -0.410. The highest BCUT2D eigenvalue weighted by Crippen LogP contribution is 2.00. The molecular formula is C11H20N2S. The van der Waals surface area contributed by atoms with Crippen molar-refractivity contribution in [2.75, 3.05) is 18.6 Å². The smallest absolute Gasteiger partial charge is 0.0359 e. The van der Waals surface area contributed by atoms with E-state index in [2.05, 4.69) is 41.5 Å². The monoisotopic (exact) mass is 212 g/mol. The first-order chi connectivity index (χ1) is 6.84. The molecule has 80 valence electrons. The van der Waals surface area contributed by atoms with E-state index in [4.69, 9.17) is 0 Å². The van der Waals surface area contributed by atoms with Crippen LogP contribution in [0.3, 0.4) is 0 Å². The van der Waals surface area contributed by atoms with Gasteiger partial charge in [-0.15, -0.1) is 0 Å².